The Balaban J connectivity index is 1.69. The Bertz CT molecular complexity index is 991. The minimum Gasteiger partial charge on any atom is -0.479 e. The van der Waals surface area contributed by atoms with Gasteiger partial charge in [0.05, 0.1) is 10.7 Å². The largest absolute Gasteiger partial charge is 0.479 e. The molecule has 0 spiro atoms. The van der Waals surface area contributed by atoms with Gasteiger partial charge in [0.2, 0.25) is 0 Å². The molecule has 0 aliphatic heterocycles. The zero-order valence-electron chi connectivity index (χ0n) is 14.7. The number of hydrazone groups is 1. The van der Waals surface area contributed by atoms with E-state index in [4.69, 9.17) is 16.3 Å². The Labute approximate surface area is 171 Å². The van der Waals surface area contributed by atoms with Gasteiger partial charge in [-0.05, 0) is 56.9 Å². The highest BCUT2D eigenvalue weighted by Crippen LogP contribution is 2.33. The first-order valence-electron chi connectivity index (χ1n) is 8.51. The highest BCUT2D eigenvalue weighted by atomic mass is 79.9. The zero-order valence-corrected chi connectivity index (χ0v) is 17.0. The molecule has 0 aliphatic carbocycles. The summed E-state index contributed by atoms with van der Waals surface area (Å²) in [6.45, 7) is 1.89. The number of rotatable bonds is 6. The number of nitrogens with one attached hydrogen (secondary N) is 1. The first kappa shape index (κ1) is 19.4. The van der Waals surface area contributed by atoms with Gasteiger partial charge in [0.1, 0.15) is 5.75 Å². The van der Waals surface area contributed by atoms with Gasteiger partial charge in [-0.15, -0.1) is 0 Å². The van der Waals surface area contributed by atoms with Crippen molar-refractivity contribution in [2.75, 3.05) is 0 Å². The van der Waals surface area contributed by atoms with Crippen molar-refractivity contribution in [2.24, 2.45) is 5.10 Å². The highest BCUT2D eigenvalue weighted by Gasteiger charge is 2.19. The van der Waals surface area contributed by atoms with E-state index in [9.17, 15) is 4.79 Å². The first-order valence-corrected chi connectivity index (χ1v) is 9.68. The van der Waals surface area contributed by atoms with Crippen LogP contribution in [0.15, 0.2) is 70.2 Å². The van der Waals surface area contributed by atoms with Gasteiger partial charge >= 0.3 is 0 Å². The number of carbonyl (C=O) groups excluding carboxylic acids is 1. The summed E-state index contributed by atoms with van der Waals surface area (Å²) in [6, 6.07) is 19.0. The molecular weight excluding hydrogens is 428 g/mol. The molecular formula is C21H18BrClN2O2. The topological polar surface area (TPSA) is 50.7 Å². The molecule has 27 heavy (non-hydrogen) atoms. The summed E-state index contributed by atoms with van der Waals surface area (Å²) in [5.41, 5.74) is 3.33. The monoisotopic (exact) mass is 444 g/mol. The molecule has 0 saturated heterocycles. The smallest absolute Gasteiger partial charge is 0.281 e. The lowest BCUT2D eigenvalue weighted by Gasteiger charge is -2.17. The molecule has 0 saturated carbocycles. The molecule has 3 aromatic rings. The summed E-state index contributed by atoms with van der Waals surface area (Å²) in [5.74, 6) is 0.311. The van der Waals surface area contributed by atoms with Crippen LogP contribution in [0.4, 0.5) is 0 Å². The maximum Gasteiger partial charge on any atom is 0.281 e. The lowest BCUT2D eigenvalue weighted by molar-refractivity contribution is -0.128. The molecule has 1 N–H and O–H groups in total. The summed E-state index contributed by atoms with van der Waals surface area (Å²) in [4.78, 5) is 12.4. The van der Waals surface area contributed by atoms with E-state index in [2.05, 4.69) is 26.5 Å². The van der Waals surface area contributed by atoms with Crippen molar-refractivity contribution in [3.05, 3.63) is 75.7 Å². The van der Waals surface area contributed by atoms with Gasteiger partial charge in [-0.25, -0.2) is 5.43 Å². The quantitative estimate of drug-likeness (QED) is 0.399. The van der Waals surface area contributed by atoms with Gasteiger partial charge < -0.3 is 4.74 Å². The standard InChI is InChI=1S/C21H18BrClN2O2/c1-2-18(21(26)25-24-13-14-6-5-8-16(23)12-14)27-19-11-10-15-7-3-4-9-17(15)20(19)22/h3-13,18H,2H2,1H3,(H,25,26). The molecule has 1 atom stereocenters. The van der Waals surface area contributed by atoms with E-state index < -0.39 is 6.10 Å². The van der Waals surface area contributed by atoms with Crippen LogP contribution in [-0.2, 0) is 4.79 Å². The van der Waals surface area contributed by atoms with Crippen molar-refractivity contribution in [2.45, 2.75) is 19.4 Å². The van der Waals surface area contributed by atoms with Gasteiger partial charge in [-0.2, -0.15) is 5.10 Å². The fourth-order valence-corrected chi connectivity index (χ4v) is 3.39. The van der Waals surface area contributed by atoms with E-state index in [0.717, 1.165) is 20.8 Å². The van der Waals surface area contributed by atoms with E-state index in [-0.39, 0.29) is 5.91 Å². The Morgan fingerprint density at radius 1 is 1.22 bits per heavy atom. The molecule has 0 heterocycles. The SMILES string of the molecule is CCC(Oc1ccc2ccccc2c1Br)C(=O)NN=Cc1cccc(Cl)c1. The lowest BCUT2D eigenvalue weighted by atomic mass is 10.1. The Kier molecular flexibility index (Phi) is 6.48. The molecule has 6 heteroatoms. The average Bonchev–Trinajstić information content (AvgIpc) is 2.68. The molecule has 138 valence electrons. The summed E-state index contributed by atoms with van der Waals surface area (Å²) in [6.07, 6.45) is 1.40. The fourth-order valence-electron chi connectivity index (χ4n) is 2.61. The number of hydrogen-bond acceptors (Lipinski definition) is 3. The maximum absolute atomic E-state index is 12.4. The van der Waals surface area contributed by atoms with E-state index >= 15 is 0 Å². The molecule has 0 bridgehead atoms. The summed E-state index contributed by atoms with van der Waals surface area (Å²) in [5, 5.41) is 6.73. The number of ether oxygens (including phenoxy) is 1. The van der Waals surface area contributed by atoms with E-state index in [1.165, 1.54) is 0 Å². The number of benzene rings is 3. The van der Waals surface area contributed by atoms with Crippen LogP contribution in [0.1, 0.15) is 18.9 Å². The third-order valence-electron chi connectivity index (χ3n) is 4.00. The molecule has 1 unspecified atom stereocenters. The molecule has 0 aromatic heterocycles. The zero-order chi connectivity index (χ0) is 19.2. The molecule has 0 aliphatic rings. The van der Waals surface area contributed by atoms with Gasteiger partial charge in [0.15, 0.2) is 6.10 Å². The molecule has 1 amide bonds. The number of nitrogens with zero attached hydrogens (tertiary/aromatic N) is 1. The van der Waals surface area contributed by atoms with Crippen molar-refractivity contribution in [3.63, 3.8) is 0 Å². The molecule has 0 radical (unpaired) electrons. The van der Waals surface area contributed by atoms with Gasteiger partial charge in [-0.1, -0.05) is 61.0 Å². The van der Waals surface area contributed by atoms with Crippen LogP contribution in [0.3, 0.4) is 0 Å². The predicted octanol–water partition coefficient (Wildman–Crippen LogP) is 5.56. The van der Waals surface area contributed by atoms with E-state index in [0.29, 0.717) is 17.2 Å². The molecule has 4 nitrogen and oxygen atoms in total. The normalized spacial score (nSPS) is 12.3. The molecule has 0 fully saturated rings. The number of fused-ring (bicyclic) bond motifs is 1. The van der Waals surface area contributed by atoms with Crippen LogP contribution >= 0.6 is 27.5 Å². The summed E-state index contributed by atoms with van der Waals surface area (Å²) in [7, 11) is 0. The van der Waals surface area contributed by atoms with Crippen LogP contribution in [0.25, 0.3) is 10.8 Å². The third kappa shape index (κ3) is 4.87. The second-order valence-electron chi connectivity index (χ2n) is 5.90. The number of carbonyl (C=O) groups is 1. The number of amides is 1. The van der Waals surface area contributed by atoms with Crippen molar-refractivity contribution in [3.8, 4) is 5.75 Å². The predicted molar refractivity (Wildman–Crippen MR) is 114 cm³/mol. The molecule has 3 aromatic carbocycles. The average molecular weight is 446 g/mol. The number of halogens is 2. The fraction of sp³-hybridized carbons (Fsp3) is 0.143. The minimum absolute atomic E-state index is 0.309. The van der Waals surface area contributed by atoms with Gasteiger partial charge in [-0.3, -0.25) is 4.79 Å². The van der Waals surface area contributed by atoms with Gasteiger partial charge in [0, 0.05) is 5.02 Å². The van der Waals surface area contributed by atoms with Crippen LogP contribution in [-0.4, -0.2) is 18.2 Å². The third-order valence-corrected chi connectivity index (χ3v) is 5.05. The second-order valence-corrected chi connectivity index (χ2v) is 7.13. The highest BCUT2D eigenvalue weighted by molar-refractivity contribution is 9.10. The van der Waals surface area contributed by atoms with Crippen molar-refractivity contribution in [1.82, 2.24) is 5.43 Å². The van der Waals surface area contributed by atoms with E-state index in [1.54, 1.807) is 18.3 Å². The van der Waals surface area contributed by atoms with Crippen LogP contribution in [0.2, 0.25) is 5.02 Å². The summed E-state index contributed by atoms with van der Waals surface area (Å²) >= 11 is 9.51. The van der Waals surface area contributed by atoms with Crippen molar-refractivity contribution >= 4 is 50.4 Å². The Morgan fingerprint density at radius 2 is 2.04 bits per heavy atom. The van der Waals surface area contributed by atoms with Crippen molar-refractivity contribution < 1.29 is 9.53 Å². The Hall–Kier alpha value is -2.37. The van der Waals surface area contributed by atoms with Crippen LogP contribution in [0.5, 0.6) is 5.75 Å². The molecule has 3 rings (SSSR count). The minimum atomic E-state index is -0.654. The van der Waals surface area contributed by atoms with Gasteiger partial charge in [0.25, 0.3) is 5.91 Å². The second kappa shape index (κ2) is 9.02. The van der Waals surface area contributed by atoms with Crippen LogP contribution in [0, 0.1) is 0 Å². The lowest BCUT2D eigenvalue weighted by Crippen LogP contribution is -2.35. The summed E-state index contributed by atoms with van der Waals surface area (Å²) < 4.78 is 6.76. The van der Waals surface area contributed by atoms with Crippen molar-refractivity contribution in [1.29, 1.82) is 0 Å². The number of hydrogen-bond donors (Lipinski definition) is 1. The Morgan fingerprint density at radius 3 is 2.81 bits per heavy atom. The van der Waals surface area contributed by atoms with Crippen LogP contribution < -0.4 is 10.2 Å². The first-order chi connectivity index (χ1) is 13.1. The van der Waals surface area contributed by atoms with E-state index in [1.807, 2.05) is 55.5 Å². The maximum atomic E-state index is 12.4.